The van der Waals surface area contributed by atoms with Gasteiger partial charge in [0.15, 0.2) is 5.82 Å². The Kier molecular flexibility index (Phi) is 4.58. The summed E-state index contributed by atoms with van der Waals surface area (Å²) in [5, 5.41) is 3.77. The Morgan fingerprint density at radius 2 is 2.15 bits per heavy atom. The van der Waals surface area contributed by atoms with Gasteiger partial charge in [0.1, 0.15) is 0 Å². The molecular weight excluding hydrogens is 168 g/mol. The maximum Gasteiger partial charge on any atom is 0.243 e. The van der Waals surface area contributed by atoms with E-state index in [1.54, 1.807) is 0 Å². The molecule has 0 aliphatic carbocycles. The lowest BCUT2D eigenvalue weighted by Gasteiger charge is -2.03. The summed E-state index contributed by atoms with van der Waals surface area (Å²) in [6.07, 6.45) is 0. The molecule has 76 valence electrons. The molecule has 0 spiro atoms. The van der Waals surface area contributed by atoms with E-state index in [-0.39, 0.29) is 13.5 Å². The third-order valence-corrected chi connectivity index (χ3v) is 1.33. The zero-order valence-corrected chi connectivity index (χ0v) is 7.61. The Labute approximate surface area is 78.9 Å². The van der Waals surface area contributed by atoms with Crippen molar-refractivity contribution in [1.82, 2.24) is 15.0 Å². The van der Waals surface area contributed by atoms with Crippen LogP contribution in [0.1, 0.15) is 32.1 Å². The van der Waals surface area contributed by atoms with Crippen molar-refractivity contribution in [2.24, 2.45) is 5.73 Å². The zero-order valence-electron chi connectivity index (χ0n) is 7.61. The third-order valence-electron chi connectivity index (χ3n) is 1.33. The number of nitrogens with zero attached hydrogens (tertiary/aromatic N) is 3. The molecule has 0 radical (unpaired) electrons. The minimum absolute atomic E-state index is 0. The SMILES string of the molecule is C.C[C@H](N)c1nc(CN(C)C)no1. The molecule has 0 unspecified atom stereocenters. The van der Waals surface area contributed by atoms with Crippen LogP contribution in [0, 0.1) is 0 Å². The first kappa shape index (κ1) is 12.1. The highest BCUT2D eigenvalue weighted by atomic mass is 16.5. The maximum absolute atomic E-state index is 5.55. The van der Waals surface area contributed by atoms with Gasteiger partial charge in [-0.05, 0) is 21.0 Å². The van der Waals surface area contributed by atoms with Crippen LogP contribution in [0.3, 0.4) is 0 Å². The van der Waals surface area contributed by atoms with Crippen molar-refractivity contribution < 1.29 is 4.52 Å². The van der Waals surface area contributed by atoms with E-state index >= 15 is 0 Å². The molecule has 0 aliphatic heterocycles. The molecule has 13 heavy (non-hydrogen) atoms. The lowest BCUT2D eigenvalue weighted by Crippen LogP contribution is -2.12. The quantitative estimate of drug-likeness (QED) is 0.755. The van der Waals surface area contributed by atoms with E-state index in [0.29, 0.717) is 18.3 Å². The first-order chi connectivity index (χ1) is 5.59. The van der Waals surface area contributed by atoms with Crippen molar-refractivity contribution in [3.05, 3.63) is 11.7 Å². The average Bonchev–Trinajstić information content (AvgIpc) is 2.34. The highest BCUT2D eigenvalue weighted by Gasteiger charge is 2.09. The van der Waals surface area contributed by atoms with Gasteiger partial charge in [-0.1, -0.05) is 12.6 Å². The molecule has 0 aromatic carbocycles. The fraction of sp³-hybridized carbons (Fsp3) is 0.750. The van der Waals surface area contributed by atoms with Crippen molar-refractivity contribution >= 4 is 0 Å². The largest absolute Gasteiger partial charge is 0.338 e. The molecular formula is C8H18N4O. The Morgan fingerprint density at radius 3 is 2.54 bits per heavy atom. The third kappa shape index (κ3) is 3.52. The lowest BCUT2D eigenvalue weighted by molar-refractivity contribution is 0.340. The smallest absolute Gasteiger partial charge is 0.243 e. The minimum Gasteiger partial charge on any atom is -0.338 e. The Bertz CT molecular complexity index is 244. The second-order valence-electron chi connectivity index (χ2n) is 3.08. The summed E-state index contributed by atoms with van der Waals surface area (Å²) < 4.78 is 4.91. The van der Waals surface area contributed by atoms with Crippen molar-refractivity contribution in [2.75, 3.05) is 14.1 Å². The summed E-state index contributed by atoms with van der Waals surface area (Å²) in [5.74, 6) is 1.17. The van der Waals surface area contributed by atoms with Gasteiger partial charge in [-0.3, -0.25) is 0 Å². The number of aromatic nitrogens is 2. The van der Waals surface area contributed by atoms with Crippen molar-refractivity contribution in [3.63, 3.8) is 0 Å². The topological polar surface area (TPSA) is 68.2 Å². The maximum atomic E-state index is 5.55. The molecule has 1 rings (SSSR count). The van der Waals surface area contributed by atoms with Crippen LogP contribution in [0.4, 0.5) is 0 Å². The van der Waals surface area contributed by atoms with Crippen molar-refractivity contribution in [3.8, 4) is 0 Å². The molecule has 0 bridgehead atoms. The highest BCUT2D eigenvalue weighted by Crippen LogP contribution is 2.06. The zero-order chi connectivity index (χ0) is 9.14. The van der Waals surface area contributed by atoms with Crippen LogP contribution < -0.4 is 5.73 Å². The van der Waals surface area contributed by atoms with E-state index in [1.807, 2.05) is 25.9 Å². The van der Waals surface area contributed by atoms with E-state index in [9.17, 15) is 0 Å². The monoisotopic (exact) mass is 186 g/mol. The molecule has 1 aromatic rings. The predicted molar refractivity (Wildman–Crippen MR) is 51.0 cm³/mol. The van der Waals surface area contributed by atoms with E-state index in [2.05, 4.69) is 10.1 Å². The van der Waals surface area contributed by atoms with Crippen LogP contribution in [-0.4, -0.2) is 29.1 Å². The van der Waals surface area contributed by atoms with E-state index < -0.39 is 0 Å². The minimum atomic E-state index is -0.187. The lowest BCUT2D eigenvalue weighted by atomic mass is 10.4. The van der Waals surface area contributed by atoms with Crippen LogP contribution in [0.25, 0.3) is 0 Å². The summed E-state index contributed by atoms with van der Waals surface area (Å²) in [5.41, 5.74) is 5.55. The van der Waals surface area contributed by atoms with Crippen LogP contribution in [0.2, 0.25) is 0 Å². The van der Waals surface area contributed by atoms with Crippen LogP contribution >= 0.6 is 0 Å². The number of hydrogen-bond acceptors (Lipinski definition) is 5. The van der Waals surface area contributed by atoms with Gasteiger partial charge in [0.2, 0.25) is 5.89 Å². The van der Waals surface area contributed by atoms with E-state index in [4.69, 9.17) is 10.3 Å². The molecule has 0 aliphatic rings. The summed E-state index contributed by atoms with van der Waals surface area (Å²) in [4.78, 5) is 6.07. The molecule has 5 nitrogen and oxygen atoms in total. The Balaban J connectivity index is 0.00000144. The standard InChI is InChI=1S/C7H14N4O.CH4/c1-5(8)7-9-6(10-12-7)4-11(2)3;/h5H,4,8H2,1-3H3;1H4/t5-;/m0./s1. The van der Waals surface area contributed by atoms with Crippen LogP contribution in [0.5, 0.6) is 0 Å². The van der Waals surface area contributed by atoms with Crippen LogP contribution in [0.15, 0.2) is 4.52 Å². The fourth-order valence-electron chi connectivity index (χ4n) is 0.799. The molecule has 1 aromatic heterocycles. The van der Waals surface area contributed by atoms with E-state index in [0.717, 1.165) is 0 Å². The Hall–Kier alpha value is -0.940. The fourth-order valence-corrected chi connectivity index (χ4v) is 0.799. The first-order valence-corrected chi connectivity index (χ1v) is 3.82. The summed E-state index contributed by atoms with van der Waals surface area (Å²) in [7, 11) is 3.89. The summed E-state index contributed by atoms with van der Waals surface area (Å²) in [6, 6.07) is -0.187. The number of hydrogen-bond donors (Lipinski definition) is 1. The van der Waals surface area contributed by atoms with Gasteiger partial charge >= 0.3 is 0 Å². The van der Waals surface area contributed by atoms with Gasteiger partial charge in [0.25, 0.3) is 0 Å². The van der Waals surface area contributed by atoms with Gasteiger partial charge < -0.3 is 15.2 Å². The second kappa shape index (κ2) is 4.94. The van der Waals surface area contributed by atoms with Crippen molar-refractivity contribution in [1.29, 1.82) is 0 Å². The second-order valence-corrected chi connectivity index (χ2v) is 3.08. The normalized spacial score (nSPS) is 12.7. The van der Waals surface area contributed by atoms with Crippen molar-refractivity contribution in [2.45, 2.75) is 26.9 Å². The Morgan fingerprint density at radius 1 is 1.54 bits per heavy atom. The molecule has 0 fully saturated rings. The molecule has 1 atom stereocenters. The molecule has 0 amide bonds. The summed E-state index contributed by atoms with van der Waals surface area (Å²) >= 11 is 0. The van der Waals surface area contributed by atoms with Gasteiger partial charge in [0.05, 0.1) is 12.6 Å². The van der Waals surface area contributed by atoms with Gasteiger partial charge in [-0.25, -0.2) is 0 Å². The average molecular weight is 186 g/mol. The van der Waals surface area contributed by atoms with Crippen LogP contribution in [-0.2, 0) is 6.54 Å². The highest BCUT2D eigenvalue weighted by molar-refractivity contribution is 4.89. The van der Waals surface area contributed by atoms with Gasteiger partial charge in [0, 0.05) is 0 Å². The van der Waals surface area contributed by atoms with Gasteiger partial charge in [-0.15, -0.1) is 0 Å². The summed E-state index contributed by atoms with van der Waals surface area (Å²) in [6.45, 7) is 2.49. The molecule has 5 heteroatoms. The van der Waals surface area contributed by atoms with E-state index in [1.165, 1.54) is 0 Å². The molecule has 0 saturated carbocycles. The number of nitrogens with two attached hydrogens (primary N) is 1. The molecule has 0 saturated heterocycles. The number of rotatable bonds is 3. The first-order valence-electron chi connectivity index (χ1n) is 3.82. The van der Waals surface area contributed by atoms with Gasteiger partial charge in [-0.2, -0.15) is 4.98 Å². The molecule has 1 heterocycles. The molecule has 2 N–H and O–H groups in total. The predicted octanol–water partition coefficient (Wildman–Crippen LogP) is 0.787.